The lowest BCUT2D eigenvalue weighted by molar-refractivity contribution is -0.961. The van der Waals surface area contributed by atoms with Crippen molar-refractivity contribution >= 4 is 23.9 Å². The Bertz CT molecular complexity index is 1650. The smallest absolute Gasteiger partial charge is 0.310 e. The van der Waals surface area contributed by atoms with Crippen molar-refractivity contribution in [2.75, 3.05) is 14.1 Å². The van der Waals surface area contributed by atoms with E-state index in [1.165, 1.54) is 13.8 Å². The molecular formula is C43H54N2O8+2. The number of hydrogen-bond acceptors (Lipinski definition) is 8. The van der Waals surface area contributed by atoms with Crippen LogP contribution in [0.3, 0.4) is 0 Å². The van der Waals surface area contributed by atoms with Gasteiger partial charge in [0.05, 0.1) is 50.1 Å². The van der Waals surface area contributed by atoms with Crippen LogP contribution in [0.5, 0.6) is 11.5 Å². The lowest BCUT2D eigenvalue weighted by atomic mass is 9.82. The van der Waals surface area contributed by atoms with Crippen molar-refractivity contribution in [1.29, 1.82) is 0 Å². The fourth-order valence-corrected chi connectivity index (χ4v) is 11.6. The minimum Gasteiger partial charge on any atom is -0.462 e. The van der Waals surface area contributed by atoms with E-state index < -0.39 is 11.8 Å². The van der Waals surface area contributed by atoms with Gasteiger partial charge in [-0.1, -0.05) is 36.4 Å². The predicted octanol–water partition coefficient (Wildman–Crippen LogP) is 6.04. The number of para-hydroxylation sites is 2. The summed E-state index contributed by atoms with van der Waals surface area (Å²) in [5, 5.41) is 0. The molecule has 2 aliphatic carbocycles. The van der Waals surface area contributed by atoms with E-state index in [4.69, 9.17) is 18.9 Å². The average molecular weight is 727 g/mol. The topological polar surface area (TPSA) is 105 Å². The Morgan fingerprint density at radius 3 is 1.28 bits per heavy atom. The number of carbonyl (C=O) groups excluding carboxylic acids is 4. The first-order chi connectivity index (χ1) is 25.4. The molecule has 6 aliphatic rings. The molecule has 8 atom stereocenters. The zero-order chi connectivity index (χ0) is 37.1. The Labute approximate surface area is 312 Å². The molecule has 6 bridgehead atoms. The van der Waals surface area contributed by atoms with Gasteiger partial charge in [-0.2, -0.15) is 0 Å². The molecule has 10 nitrogen and oxygen atoms in total. The monoisotopic (exact) mass is 726 g/mol. The van der Waals surface area contributed by atoms with Crippen LogP contribution < -0.4 is 9.47 Å². The van der Waals surface area contributed by atoms with Crippen LogP contribution in [0.1, 0.15) is 82.8 Å². The standard InChI is InChI=1S/C43H54N2O8/c1-26(46)50-38-11-7-5-9-30(38)24-44(3)32-15-16-33(44)21-36(20-32)52-42(48)40-28-13-14-29(19-28)41(40)43(49)53-37-22-34-17-18-35(23-37)45(34,4)25-31-10-6-8-12-39(31)51-27(2)47/h5-14,28-29,32-37,40-41H,15-25H2,1-4H3/q+2. The summed E-state index contributed by atoms with van der Waals surface area (Å²) in [4.78, 5) is 51.7. The lowest BCUT2D eigenvalue weighted by Gasteiger charge is -2.47. The molecule has 1 saturated carbocycles. The van der Waals surface area contributed by atoms with Crippen molar-refractivity contribution in [1.82, 2.24) is 0 Å². The van der Waals surface area contributed by atoms with Crippen LogP contribution in [-0.4, -0.2) is 83.3 Å². The molecule has 10 heteroatoms. The summed E-state index contributed by atoms with van der Waals surface area (Å²) in [6.45, 7) is 4.37. The minimum absolute atomic E-state index is 0.00368. The van der Waals surface area contributed by atoms with Gasteiger partial charge in [0.15, 0.2) is 0 Å². The van der Waals surface area contributed by atoms with Crippen LogP contribution >= 0.6 is 0 Å². The van der Waals surface area contributed by atoms with Crippen LogP contribution in [0.25, 0.3) is 0 Å². The second-order valence-corrected chi connectivity index (χ2v) is 17.2. The fraction of sp³-hybridized carbons (Fsp3) is 0.581. The number of quaternary nitrogens is 2. The van der Waals surface area contributed by atoms with Gasteiger partial charge < -0.3 is 27.9 Å². The van der Waals surface area contributed by atoms with E-state index in [0.717, 1.165) is 91.0 Å². The van der Waals surface area contributed by atoms with Crippen LogP contribution in [0.2, 0.25) is 0 Å². The van der Waals surface area contributed by atoms with Gasteiger partial charge in [-0.05, 0) is 42.5 Å². The molecule has 2 aromatic carbocycles. The first-order valence-electron chi connectivity index (χ1n) is 19.7. The van der Waals surface area contributed by atoms with E-state index in [1.807, 2.05) is 48.5 Å². The quantitative estimate of drug-likeness (QED) is 0.126. The third kappa shape index (κ3) is 6.71. The first kappa shape index (κ1) is 36.0. The second-order valence-electron chi connectivity index (χ2n) is 17.2. The molecule has 0 aromatic heterocycles. The van der Waals surface area contributed by atoms with Gasteiger partial charge in [-0.3, -0.25) is 19.2 Å². The molecule has 0 amide bonds. The normalized spacial score (nSPS) is 37.7. The maximum absolute atomic E-state index is 14.1. The molecule has 5 fully saturated rings. The van der Waals surface area contributed by atoms with Gasteiger partial charge in [-0.15, -0.1) is 0 Å². The summed E-state index contributed by atoms with van der Waals surface area (Å²) in [5.41, 5.74) is 2.04. The Balaban J connectivity index is 0.899. The molecular weight excluding hydrogens is 672 g/mol. The van der Waals surface area contributed by atoms with Gasteiger partial charge in [0, 0.05) is 76.3 Å². The summed E-state index contributed by atoms with van der Waals surface area (Å²) in [6, 6.07) is 16.9. The fourth-order valence-electron chi connectivity index (χ4n) is 11.6. The highest BCUT2D eigenvalue weighted by molar-refractivity contribution is 5.84. The highest BCUT2D eigenvalue weighted by Crippen LogP contribution is 2.51. The zero-order valence-corrected chi connectivity index (χ0v) is 31.5. The van der Waals surface area contributed by atoms with E-state index in [-0.39, 0.29) is 47.9 Å². The van der Waals surface area contributed by atoms with Crippen molar-refractivity contribution < 1.29 is 47.1 Å². The molecule has 0 spiro atoms. The molecule has 0 N–H and O–H groups in total. The van der Waals surface area contributed by atoms with E-state index in [1.54, 1.807) is 0 Å². The van der Waals surface area contributed by atoms with Gasteiger partial charge in [0.2, 0.25) is 0 Å². The van der Waals surface area contributed by atoms with Crippen LogP contribution in [0.4, 0.5) is 0 Å². The molecule has 53 heavy (non-hydrogen) atoms. The van der Waals surface area contributed by atoms with Gasteiger partial charge in [0.1, 0.15) is 36.8 Å². The molecule has 4 heterocycles. The highest BCUT2D eigenvalue weighted by Gasteiger charge is 2.58. The number of hydrogen-bond donors (Lipinski definition) is 0. The van der Waals surface area contributed by atoms with Gasteiger partial charge >= 0.3 is 23.9 Å². The van der Waals surface area contributed by atoms with Crippen molar-refractivity contribution in [2.45, 2.75) is 121 Å². The zero-order valence-electron chi connectivity index (χ0n) is 31.5. The Hall–Kier alpha value is -4.02. The summed E-state index contributed by atoms with van der Waals surface area (Å²) in [7, 11) is 4.58. The number of rotatable bonds is 10. The van der Waals surface area contributed by atoms with E-state index in [0.29, 0.717) is 35.7 Å². The minimum atomic E-state index is -0.507. The number of carbonyl (C=O) groups is 4. The van der Waals surface area contributed by atoms with Gasteiger partial charge in [-0.25, -0.2) is 0 Å². The molecule has 8 rings (SSSR count). The number of esters is 4. The van der Waals surface area contributed by atoms with Crippen molar-refractivity contribution in [3.63, 3.8) is 0 Å². The number of fused-ring (bicyclic) bond motifs is 6. The second kappa shape index (κ2) is 14.0. The number of piperidine rings is 2. The molecule has 0 radical (unpaired) electrons. The van der Waals surface area contributed by atoms with E-state index in [2.05, 4.69) is 26.2 Å². The largest absolute Gasteiger partial charge is 0.462 e. The van der Waals surface area contributed by atoms with Crippen LogP contribution in [0, 0.1) is 23.7 Å². The van der Waals surface area contributed by atoms with Crippen molar-refractivity contribution in [2.24, 2.45) is 23.7 Å². The highest BCUT2D eigenvalue weighted by atomic mass is 16.6. The van der Waals surface area contributed by atoms with E-state index in [9.17, 15) is 19.2 Å². The van der Waals surface area contributed by atoms with Crippen LogP contribution in [-0.2, 0) is 41.7 Å². The molecule has 2 aromatic rings. The maximum atomic E-state index is 14.1. The molecule has 4 saturated heterocycles. The number of benzene rings is 2. The summed E-state index contributed by atoms with van der Waals surface area (Å²) >= 11 is 0. The van der Waals surface area contributed by atoms with Crippen LogP contribution in [0.15, 0.2) is 60.7 Å². The van der Waals surface area contributed by atoms with E-state index >= 15 is 0 Å². The SMILES string of the molecule is CC(=O)Oc1ccccc1C[N+]1(C)C2CCC1CC(OC(=O)C1C3C=CC(C3)C1C(=O)OC1CC3CCC(C1)[N+]3(C)Cc1ccccc1OC(C)=O)C2. The number of allylic oxidation sites excluding steroid dienone is 2. The number of nitrogens with zero attached hydrogens (tertiary/aromatic N) is 2. The Morgan fingerprint density at radius 1 is 0.566 bits per heavy atom. The van der Waals surface area contributed by atoms with Crippen molar-refractivity contribution in [3.8, 4) is 11.5 Å². The number of ether oxygens (including phenoxy) is 4. The molecule has 4 aliphatic heterocycles. The third-order valence-electron chi connectivity index (χ3n) is 14.2. The first-order valence-corrected chi connectivity index (χ1v) is 19.7. The third-order valence-corrected chi connectivity index (χ3v) is 14.2. The molecule has 8 unspecified atom stereocenters. The lowest BCUT2D eigenvalue weighted by Crippen LogP contribution is -2.58. The molecule has 282 valence electrons. The van der Waals surface area contributed by atoms with Gasteiger partial charge in [0.25, 0.3) is 0 Å². The summed E-state index contributed by atoms with van der Waals surface area (Å²) in [6.07, 6.45) is 12.1. The summed E-state index contributed by atoms with van der Waals surface area (Å²) in [5.74, 6) is -0.914. The van der Waals surface area contributed by atoms with Crippen molar-refractivity contribution in [3.05, 3.63) is 71.8 Å². The maximum Gasteiger partial charge on any atom is 0.310 e. The summed E-state index contributed by atoms with van der Waals surface area (Å²) < 4.78 is 25.5. The Kier molecular flexibility index (Phi) is 9.50. The Morgan fingerprint density at radius 2 is 0.925 bits per heavy atom. The average Bonchev–Trinajstić information content (AvgIpc) is 3.77. The predicted molar refractivity (Wildman–Crippen MR) is 195 cm³/mol.